The molecule has 0 aliphatic rings. The Morgan fingerprint density at radius 3 is 2.83 bits per heavy atom. The number of aromatic hydroxyl groups is 1. The van der Waals surface area contributed by atoms with E-state index in [1.165, 1.54) is 0 Å². The van der Waals surface area contributed by atoms with Gasteiger partial charge >= 0.3 is 5.91 Å². The Balaban J connectivity index is 2.65. The Bertz CT molecular complexity index is 280. The van der Waals surface area contributed by atoms with Crippen LogP contribution in [0, 0.1) is 0 Å². The lowest BCUT2D eigenvalue weighted by atomic mass is 10.4. The molecule has 66 valence electrons. The van der Waals surface area contributed by atoms with Gasteiger partial charge in [-0.05, 0) is 13.8 Å². The first-order valence-corrected chi connectivity index (χ1v) is 3.55. The van der Waals surface area contributed by atoms with Crippen molar-refractivity contribution in [3.63, 3.8) is 0 Å². The molecule has 1 aromatic heterocycles. The zero-order valence-corrected chi connectivity index (χ0v) is 6.87. The van der Waals surface area contributed by atoms with E-state index < -0.39 is 5.91 Å². The van der Waals surface area contributed by atoms with Gasteiger partial charge in [-0.2, -0.15) is 4.98 Å². The molecule has 0 bridgehead atoms. The molecule has 0 saturated heterocycles. The van der Waals surface area contributed by atoms with Crippen molar-refractivity contribution < 1.29 is 14.3 Å². The maximum atomic E-state index is 11.1. The van der Waals surface area contributed by atoms with E-state index in [1.807, 2.05) is 13.8 Å². The number of amides is 1. The maximum absolute atomic E-state index is 11.1. The predicted octanol–water partition coefficient (Wildman–Crippen LogP) is 0.518. The van der Waals surface area contributed by atoms with E-state index in [1.54, 1.807) is 0 Å². The molecular formula is C7H10N2O3. The summed E-state index contributed by atoms with van der Waals surface area (Å²) >= 11 is 0. The SMILES string of the molecule is CC(C)NC(=O)c1nc(O)co1. The van der Waals surface area contributed by atoms with Crippen molar-refractivity contribution in [1.82, 2.24) is 10.3 Å². The summed E-state index contributed by atoms with van der Waals surface area (Å²) in [5.41, 5.74) is 0. The zero-order chi connectivity index (χ0) is 9.14. The number of hydrogen-bond acceptors (Lipinski definition) is 4. The second-order valence-electron chi connectivity index (χ2n) is 2.64. The number of nitrogens with zero attached hydrogens (tertiary/aromatic N) is 1. The lowest BCUT2D eigenvalue weighted by Crippen LogP contribution is -2.30. The minimum absolute atomic E-state index is 0.0199. The van der Waals surface area contributed by atoms with Gasteiger partial charge in [0.25, 0.3) is 11.8 Å². The molecular weight excluding hydrogens is 160 g/mol. The number of carbonyl (C=O) groups excluding carboxylic acids is 1. The maximum Gasteiger partial charge on any atom is 0.307 e. The number of nitrogens with one attached hydrogen (secondary N) is 1. The third-order valence-electron chi connectivity index (χ3n) is 1.11. The molecule has 5 nitrogen and oxygen atoms in total. The normalized spacial score (nSPS) is 10.2. The molecule has 0 aliphatic heterocycles. The Labute approximate surface area is 69.4 Å². The van der Waals surface area contributed by atoms with Crippen LogP contribution in [0.4, 0.5) is 0 Å². The van der Waals surface area contributed by atoms with Crippen molar-refractivity contribution in [2.45, 2.75) is 19.9 Å². The summed E-state index contributed by atoms with van der Waals surface area (Å²) in [5.74, 6) is -0.838. The highest BCUT2D eigenvalue weighted by atomic mass is 16.4. The molecule has 12 heavy (non-hydrogen) atoms. The van der Waals surface area contributed by atoms with E-state index in [0.717, 1.165) is 6.26 Å². The highest BCUT2D eigenvalue weighted by Crippen LogP contribution is 2.06. The fourth-order valence-electron chi connectivity index (χ4n) is 0.693. The van der Waals surface area contributed by atoms with E-state index in [2.05, 4.69) is 14.7 Å². The fraction of sp³-hybridized carbons (Fsp3) is 0.429. The van der Waals surface area contributed by atoms with Gasteiger partial charge in [-0.15, -0.1) is 0 Å². The van der Waals surface area contributed by atoms with Crippen molar-refractivity contribution in [2.24, 2.45) is 0 Å². The summed E-state index contributed by atoms with van der Waals surface area (Å²) in [6.45, 7) is 3.64. The molecule has 0 fully saturated rings. The van der Waals surface area contributed by atoms with Gasteiger partial charge in [0, 0.05) is 6.04 Å². The molecule has 5 heteroatoms. The van der Waals surface area contributed by atoms with Crippen LogP contribution in [0.25, 0.3) is 0 Å². The minimum Gasteiger partial charge on any atom is -0.491 e. The van der Waals surface area contributed by atoms with Crippen LogP contribution in [0.5, 0.6) is 5.88 Å². The predicted molar refractivity (Wildman–Crippen MR) is 40.8 cm³/mol. The van der Waals surface area contributed by atoms with Crippen LogP contribution in [0.1, 0.15) is 24.5 Å². The lowest BCUT2D eigenvalue weighted by molar-refractivity contribution is 0.0908. The molecule has 0 aliphatic carbocycles. The van der Waals surface area contributed by atoms with Gasteiger partial charge in [0.05, 0.1) is 0 Å². The Hall–Kier alpha value is -1.52. The molecule has 0 atom stereocenters. The number of rotatable bonds is 2. The highest BCUT2D eigenvalue weighted by molar-refractivity contribution is 5.89. The van der Waals surface area contributed by atoms with Crippen molar-refractivity contribution in [1.29, 1.82) is 0 Å². The van der Waals surface area contributed by atoms with E-state index in [-0.39, 0.29) is 17.8 Å². The number of aromatic nitrogens is 1. The molecule has 0 spiro atoms. The molecule has 0 aromatic carbocycles. The summed E-state index contributed by atoms with van der Waals surface area (Å²) in [7, 11) is 0. The number of carbonyl (C=O) groups is 1. The average Bonchev–Trinajstić information content (AvgIpc) is 2.34. The molecule has 1 aromatic rings. The van der Waals surface area contributed by atoms with Gasteiger partial charge < -0.3 is 14.8 Å². The van der Waals surface area contributed by atoms with E-state index in [0.29, 0.717) is 0 Å². The van der Waals surface area contributed by atoms with Crippen LogP contribution in [-0.2, 0) is 0 Å². The van der Waals surface area contributed by atoms with Crippen LogP contribution in [0.3, 0.4) is 0 Å². The second kappa shape index (κ2) is 3.25. The van der Waals surface area contributed by atoms with Crippen molar-refractivity contribution in [3.8, 4) is 5.88 Å². The molecule has 2 N–H and O–H groups in total. The largest absolute Gasteiger partial charge is 0.491 e. The van der Waals surface area contributed by atoms with Crippen molar-refractivity contribution in [2.75, 3.05) is 0 Å². The van der Waals surface area contributed by atoms with Crippen molar-refractivity contribution in [3.05, 3.63) is 12.2 Å². The fourth-order valence-corrected chi connectivity index (χ4v) is 0.693. The lowest BCUT2D eigenvalue weighted by Gasteiger charge is -2.03. The third-order valence-corrected chi connectivity index (χ3v) is 1.11. The summed E-state index contributed by atoms with van der Waals surface area (Å²) < 4.78 is 4.65. The standard InChI is InChI=1S/C7H10N2O3/c1-4(2)8-6(11)7-9-5(10)3-12-7/h3-4,10H,1-2H3,(H,8,11). The van der Waals surface area contributed by atoms with Crippen LogP contribution in [0.15, 0.2) is 10.7 Å². The molecule has 0 unspecified atom stereocenters. The van der Waals surface area contributed by atoms with Gasteiger partial charge in [-0.1, -0.05) is 0 Å². The summed E-state index contributed by atoms with van der Waals surface area (Å²) in [6, 6.07) is 0.0199. The van der Waals surface area contributed by atoms with Crippen LogP contribution in [-0.4, -0.2) is 22.0 Å². The quantitative estimate of drug-likeness (QED) is 0.678. The van der Waals surface area contributed by atoms with Gasteiger partial charge in [-0.3, -0.25) is 4.79 Å². The van der Waals surface area contributed by atoms with E-state index in [9.17, 15) is 4.79 Å². The minimum atomic E-state index is -0.426. The molecule has 1 heterocycles. The smallest absolute Gasteiger partial charge is 0.307 e. The molecule has 0 saturated carbocycles. The van der Waals surface area contributed by atoms with E-state index in [4.69, 9.17) is 5.11 Å². The summed E-state index contributed by atoms with van der Waals surface area (Å²) in [6.07, 6.45) is 1.01. The zero-order valence-electron chi connectivity index (χ0n) is 6.87. The summed E-state index contributed by atoms with van der Waals surface area (Å²) in [5, 5.41) is 11.3. The van der Waals surface area contributed by atoms with Gasteiger partial charge in [0.1, 0.15) is 0 Å². The van der Waals surface area contributed by atoms with Crippen LogP contribution >= 0.6 is 0 Å². The summed E-state index contributed by atoms with van der Waals surface area (Å²) in [4.78, 5) is 14.5. The average molecular weight is 170 g/mol. The van der Waals surface area contributed by atoms with Gasteiger partial charge in [0.15, 0.2) is 6.26 Å². The third kappa shape index (κ3) is 1.98. The topological polar surface area (TPSA) is 75.4 Å². The highest BCUT2D eigenvalue weighted by Gasteiger charge is 2.12. The molecule has 1 rings (SSSR count). The van der Waals surface area contributed by atoms with Gasteiger partial charge in [0.2, 0.25) is 0 Å². The van der Waals surface area contributed by atoms with E-state index >= 15 is 0 Å². The first-order chi connectivity index (χ1) is 5.59. The molecule has 1 amide bonds. The second-order valence-corrected chi connectivity index (χ2v) is 2.64. The Kier molecular flexibility index (Phi) is 2.32. The Morgan fingerprint density at radius 2 is 2.42 bits per heavy atom. The monoisotopic (exact) mass is 170 g/mol. The molecule has 0 radical (unpaired) electrons. The van der Waals surface area contributed by atoms with Gasteiger partial charge in [-0.25, -0.2) is 0 Å². The Morgan fingerprint density at radius 1 is 1.75 bits per heavy atom. The first-order valence-electron chi connectivity index (χ1n) is 3.55. The number of oxazole rings is 1. The number of hydrogen-bond donors (Lipinski definition) is 2. The van der Waals surface area contributed by atoms with Crippen LogP contribution < -0.4 is 5.32 Å². The first kappa shape index (κ1) is 8.58. The van der Waals surface area contributed by atoms with Crippen LogP contribution in [0.2, 0.25) is 0 Å². The van der Waals surface area contributed by atoms with Crippen molar-refractivity contribution >= 4 is 5.91 Å².